The molecule has 1 aliphatic carbocycles. The van der Waals surface area contributed by atoms with Crippen molar-refractivity contribution in [2.24, 2.45) is 5.92 Å². The number of halogens is 9. The van der Waals surface area contributed by atoms with Crippen molar-refractivity contribution in [3.63, 3.8) is 0 Å². The maximum Gasteiger partial charge on any atom is 0.490 e. The molecule has 4 N–H and O–H groups in total. The first-order valence-corrected chi connectivity index (χ1v) is 15.8. The summed E-state index contributed by atoms with van der Waals surface area (Å²) < 4.78 is 97.2. The van der Waals surface area contributed by atoms with Crippen molar-refractivity contribution in [1.82, 2.24) is 34.7 Å². The third-order valence-electron chi connectivity index (χ3n) is 7.52. The van der Waals surface area contributed by atoms with Crippen LogP contribution in [-0.4, -0.2) is 126 Å². The summed E-state index contributed by atoms with van der Waals surface area (Å²) in [4.78, 5) is 48.8. The van der Waals surface area contributed by atoms with Gasteiger partial charge in [0.05, 0.1) is 11.6 Å². The lowest BCUT2D eigenvalue weighted by Crippen LogP contribution is -2.51. The van der Waals surface area contributed by atoms with E-state index in [0.717, 1.165) is 49.0 Å². The molecule has 23 heteroatoms. The number of carbonyl (C=O) groups excluding carboxylic acids is 1. The number of hydrogen-bond acceptors (Lipinski definition) is 9. The molecule has 2 fully saturated rings. The van der Waals surface area contributed by atoms with E-state index in [4.69, 9.17) is 29.7 Å². The van der Waals surface area contributed by atoms with Crippen molar-refractivity contribution < 1.29 is 74.0 Å². The van der Waals surface area contributed by atoms with Gasteiger partial charge in [-0.1, -0.05) is 6.07 Å². The van der Waals surface area contributed by atoms with E-state index in [9.17, 15) is 44.3 Å². The van der Waals surface area contributed by atoms with E-state index in [2.05, 4.69) is 44.1 Å². The van der Waals surface area contributed by atoms with E-state index < -0.39 is 36.4 Å². The van der Waals surface area contributed by atoms with Crippen LogP contribution in [0.4, 0.5) is 39.5 Å². The van der Waals surface area contributed by atoms with Crippen LogP contribution in [0.15, 0.2) is 42.9 Å². The minimum atomic E-state index is -5.08. The van der Waals surface area contributed by atoms with Crippen molar-refractivity contribution >= 4 is 29.5 Å². The third-order valence-corrected chi connectivity index (χ3v) is 7.52. The van der Waals surface area contributed by atoms with Gasteiger partial charge in [0, 0.05) is 57.4 Å². The lowest BCUT2D eigenvalue weighted by atomic mass is 10.1. The van der Waals surface area contributed by atoms with Gasteiger partial charge in [0.25, 0.3) is 5.91 Å². The number of aromatic nitrogens is 4. The molecule has 5 rings (SSSR count). The highest BCUT2D eigenvalue weighted by atomic mass is 19.4. The van der Waals surface area contributed by atoms with Crippen LogP contribution in [0.2, 0.25) is 0 Å². The normalized spacial score (nSPS) is 16.6. The fraction of sp³-hybridized carbons (Fsp3) is 0.516. The van der Waals surface area contributed by atoms with E-state index in [1.165, 1.54) is 19.4 Å². The summed E-state index contributed by atoms with van der Waals surface area (Å²) in [7, 11) is 0. The Morgan fingerprint density at radius 1 is 0.852 bits per heavy atom. The summed E-state index contributed by atoms with van der Waals surface area (Å²) in [5.41, 5.74) is 2.51. The number of carbonyl (C=O) groups is 4. The molecule has 14 nitrogen and oxygen atoms in total. The first kappa shape index (κ1) is 45.1. The zero-order valence-electron chi connectivity index (χ0n) is 28.5. The highest BCUT2D eigenvalue weighted by molar-refractivity contribution is 5.94. The number of aliphatic carboxylic acids is 3. The van der Waals surface area contributed by atoms with Crippen LogP contribution in [-0.2, 0) is 20.8 Å². The molecule has 3 aromatic rings. The standard InChI is InChI=1S/C25H33N7O.3C2HF3O2/c1-18(2)31-13-12-30(15-20-5-6-20)17-22(31)24-29-28-23-8-7-21(16-32(23)24)25(33)27-11-9-19-4-3-10-26-14-19;3*3-2(4,5)1(6)7/h3-4,7-8,10,14,16,18,20,22H,5-6,9,11-13,15,17H2,1-2H3,(H,27,33);3*(H,6,7). The number of alkyl halides is 9. The molecule has 1 unspecified atom stereocenters. The molecular weight excluding hydrogens is 753 g/mol. The molecule has 1 amide bonds. The molecule has 3 aromatic heterocycles. The molecule has 300 valence electrons. The fourth-order valence-corrected chi connectivity index (χ4v) is 4.77. The van der Waals surface area contributed by atoms with Crippen LogP contribution in [0, 0.1) is 5.92 Å². The maximum absolute atomic E-state index is 12.8. The van der Waals surface area contributed by atoms with E-state index >= 15 is 0 Å². The van der Waals surface area contributed by atoms with E-state index in [1.807, 2.05) is 41.1 Å². The Labute approximate surface area is 300 Å². The number of fused-ring (bicyclic) bond motifs is 1. The predicted molar refractivity (Wildman–Crippen MR) is 168 cm³/mol. The van der Waals surface area contributed by atoms with Crippen LogP contribution in [0.25, 0.3) is 5.65 Å². The number of amides is 1. The maximum atomic E-state index is 12.8. The molecule has 0 spiro atoms. The molecule has 1 atom stereocenters. The Morgan fingerprint density at radius 2 is 1.41 bits per heavy atom. The second-order valence-electron chi connectivity index (χ2n) is 12.0. The van der Waals surface area contributed by atoms with Crippen LogP contribution < -0.4 is 5.32 Å². The smallest absolute Gasteiger partial charge is 0.475 e. The van der Waals surface area contributed by atoms with Crippen molar-refractivity contribution in [3.05, 3.63) is 59.8 Å². The van der Waals surface area contributed by atoms with Crippen LogP contribution in [0.3, 0.4) is 0 Å². The van der Waals surface area contributed by atoms with E-state index in [1.54, 1.807) is 6.20 Å². The number of carboxylic acids is 3. The monoisotopic (exact) mass is 789 g/mol. The Bertz CT molecular complexity index is 1640. The Hall–Kier alpha value is -5.06. The number of carboxylic acid groups (broad SMARTS) is 3. The molecule has 1 aliphatic heterocycles. The van der Waals surface area contributed by atoms with Crippen molar-refractivity contribution in [2.75, 3.05) is 32.7 Å². The van der Waals surface area contributed by atoms with Crippen molar-refractivity contribution in [2.45, 2.75) is 63.7 Å². The number of pyridine rings is 2. The Balaban J connectivity index is 0.000000393. The number of rotatable bonds is 8. The van der Waals surface area contributed by atoms with Gasteiger partial charge in [0.15, 0.2) is 11.5 Å². The van der Waals surface area contributed by atoms with Gasteiger partial charge in [-0.3, -0.25) is 24.0 Å². The molecule has 0 aromatic carbocycles. The largest absolute Gasteiger partial charge is 0.490 e. The van der Waals surface area contributed by atoms with Gasteiger partial charge in [-0.05, 0) is 62.8 Å². The molecule has 0 bridgehead atoms. The van der Waals surface area contributed by atoms with Gasteiger partial charge in [0.1, 0.15) is 0 Å². The zero-order chi connectivity index (χ0) is 41.0. The highest BCUT2D eigenvalue weighted by Crippen LogP contribution is 2.33. The van der Waals surface area contributed by atoms with Gasteiger partial charge in [-0.25, -0.2) is 14.4 Å². The summed E-state index contributed by atoms with van der Waals surface area (Å²) >= 11 is 0. The molecule has 1 saturated carbocycles. The zero-order valence-corrected chi connectivity index (χ0v) is 28.5. The number of nitrogens with one attached hydrogen (secondary N) is 1. The minimum Gasteiger partial charge on any atom is -0.475 e. The lowest BCUT2D eigenvalue weighted by molar-refractivity contribution is -0.193. The molecule has 54 heavy (non-hydrogen) atoms. The fourth-order valence-electron chi connectivity index (χ4n) is 4.77. The summed E-state index contributed by atoms with van der Waals surface area (Å²) in [5, 5.41) is 33.4. The van der Waals surface area contributed by atoms with E-state index in [0.29, 0.717) is 18.2 Å². The topological polar surface area (TPSA) is 191 Å². The highest BCUT2D eigenvalue weighted by Gasteiger charge is 2.40. The number of piperazine rings is 1. The van der Waals surface area contributed by atoms with Crippen LogP contribution in [0.1, 0.15) is 54.5 Å². The predicted octanol–water partition coefficient (Wildman–Crippen LogP) is 4.47. The second-order valence-corrected chi connectivity index (χ2v) is 12.0. The van der Waals surface area contributed by atoms with Crippen molar-refractivity contribution in [1.29, 1.82) is 0 Å². The summed E-state index contributed by atoms with van der Waals surface area (Å²) in [6, 6.07) is 8.23. The summed E-state index contributed by atoms with van der Waals surface area (Å²) in [5.74, 6) is -6.56. The Kier molecular flexibility index (Phi) is 16.1. The second kappa shape index (κ2) is 19.3. The Morgan fingerprint density at radius 3 is 1.87 bits per heavy atom. The SMILES string of the molecule is CC(C)N1CCN(CC2CC2)CC1c1nnc2ccc(C(=O)NCCc3cccnc3)cn12.O=C(O)C(F)(F)F.O=C(O)C(F)(F)F.O=C(O)C(F)(F)F. The van der Waals surface area contributed by atoms with E-state index in [-0.39, 0.29) is 11.9 Å². The average Bonchev–Trinajstić information content (AvgIpc) is 3.79. The van der Waals surface area contributed by atoms with Crippen molar-refractivity contribution in [3.8, 4) is 0 Å². The first-order chi connectivity index (χ1) is 24.9. The van der Waals surface area contributed by atoms with Crippen LogP contribution >= 0.6 is 0 Å². The van der Waals surface area contributed by atoms with Gasteiger partial charge in [0.2, 0.25) is 0 Å². The van der Waals surface area contributed by atoms with Crippen LogP contribution in [0.5, 0.6) is 0 Å². The molecule has 0 radical (unpaired) electrons. The molecule has 2 aliphatic rings. The summed E-state index contributed by atoms with van der Waals surface area (Å²) in [6.45, 7) is 9.32. The average molecular weight is 790 g/mol. The van der Waals surface area contributed by atoms with Gasteiger partial charge < -0.3 is 20.6 Å². The van der Waals surface area contributed by atoms with Gasteiger partial charge in [-0.15, -0.1) is 10.2 Å². The third kappa shape index (κ3) is 15.1. The lowest BCUT2D eigenvalue weighted by Gasteiger charge is -2.42. The number of nitrogens with zero attached hydrogens (tertiary/aromatic N) is 6. The number of hydrogen-bond donors (Lipinski definition) is 4. The van der Waals surface area contributed by atoms with Gasteiger partial charge in [-0.2, -0.15) is 39.5 Å². The molecule has 4 heterocycles. The quantitative estimate of drug-likeness (QED) is 0.235. The molecule has 1 saturated heterocycles. The first-order valence-electron chi connectivity index (χ1n) is 15.8. The van der Waals surface area contributed by atoms with Gasteiger partial charge >= 0.3 is 36.4 Å². The minimum absolute atomic E-state index is 0.0832. The summed E-state index contributed by atoms with van der Waals surface area (Å²) in [6.07, 6.45) is -6.29. The molecular formula is C31H36F9N7O7.